The van der Waals surface area contributed by atoms with Crippen LogP contribution in [0.5, 0.6) is 0 Å². The molecule has 0 aliphatic carbocycles. The summed E-state index contributed by atoms with van der Waals surface area (Å²) in [5, 5.41) is 20.8. The monoisotopic (exact) mass is 234 g/mol. The van der Waals surface area contributed by atoms with Crippen LogP contribution in [-0.2, 0) is 13.0 Å². The SMILES string of the molecule is C/C(=N\O)c1ccc2c(c1)CN(C(=O)O)CC2. The minimum Gasteiger partial charge on any atom is -0.465 e. The van der Waals surface area contributed by atoms with E-state index in [-0.39, 0.29) is 0 Å². The maximum Gasteiger partial charge on any atom is 0.407 e. The molecule has 90 valence electrons. The maximum absolute atomic E-state index is 10.9. The molecule has 1 heterocycles. The summed E-state index contributed by atoms with van der Waals surface area (Å²) >= 11 is 0. The van der Waals surface area contributed by atoms with E-state index in [0.29, 0.717) is 18.8 Å². The van der Waals surface area contributed by atoms with Crippen LogP contribution in [-0.4, -0.2) is 33.6 Å². The fourth-order valence-electron chi connectivity index (χ4n) is 2.00. The Balaban J connectivity index is 2.32. The van der Waals surface area contributed by atoms with E-state index in [1.54, 1.807) is 6.92 Å². The standard InChI is InChI=1S/C12H14N2O3/c1-8(13-17)10-3-2-9-4-5-14(12(15)16)7-11(9)6-10/h2-3,6,17H,4-5,7H2,1H3,(H,15,16)/b13-8+. The van der Waals surface area contributed by atoms with E-state index in [4.69, 9.17) is 10.3 Å². The molecule has 0 saturated heterocycles. The molecule has 2 rings (SSSR count). The molecule has 0 radical (unpaired) electrons. The summed E-state index contributed by atoms with van der Waals surface area (Å²) in [6.45, 7) is 2.64. The first-order valence-corrected chi connectivity index (χ1v) is 5.40. The van der Waals surface area contributed by atoms with E-state index in [1.807, 2.05) is 18.2 Å². The second kappa shape index (κ2) is 4.45. The number of oxime groups is 1. The predicted molar refractivity (Wildman–Crippen MR) is 62.6 cm³/mol. The fraction of sp³-hybridized carbons (Fsp3) is 0.333. The number of amides is 1. The average Bonchev–Trinajstić information content (AvgIpc) is 2.36. The quantitative estimate of drug-likeness (QED) is 0.443. The number of hydrogen-bond donors (Lipinski definition) is 2. The highest BCUT2D eigenvalue weighted by atomic mass is 16.4. The Morgan fingerprint density at radius 3 is 2.82 bits per heavy atom. The fourth-order valence-corrected chi connectivity index (χ4v) is 2.00. The van der Waals surface area contributed by atoms with Crippen molar-refractivity contribution in [1.82, 2.24) is 4.90 Å². The normalized spacial score (nSPS) is 15.6. The Bertz CT molecular complexity index is 483. The first-order valence-electron chi connectivity index (χ1n) is 5.40. The largest absolute Gasteiger partial charge is 0.465 e. The summed E-state index contributed by atoms with van der Waals surface area (Å²) in [5.74, 6) is 0. The van der Waals surface area contributed by atoms with Gasteiger partial charge in [-0.15, -0.1) is 0 Å². The van der Waals surface area contributed by atoms with Gasteiger partial charge in [0.15, 0.2) is 0 Å². The lowest BCUT2D eigenvalue weighted by atomic mass is 9.96. The third kappa shape index (κ3) is 2.22. The summed E-state index contributed by atoms with van der Waals surface area (Å²) in [6, 6.07) is 5.75. The highest BCUT2D eigenvalue weighted by molar-refractivity contribution is 5.98. The molecule has 0 spiro atoms. The maximum atomic E-state index is 10.9. The molecule has 1 amide bonds. The first-order chi connectivity index (χ1) is 8.11. The van der Waals surface area contributed by atoms with Crippen molar-refractivity contribution in [2.75, 3.05) is 6.54 Å². The van der Waals surface area contributed by atoms with Gasteiger partial charge in [-0.3, -0.25) is 0 Å². The molecule has 17 heavy (non-hydrogen) atoms. The molecule has 1 aliphatic heterocycles. The van der Waals surface area contributed by atoms with E-state index in [2.05, 4.69) is 5.16 Å². The van der Waals surface area contributed by atoms with Crippen LogP contribution in [0, 0.1) is 0 Å². The Morgan fingerprint density at radius 1 is 1.41 bits per heavy atom. The third-order valence-electron chi connectivity index (χ3n) is 3.06. The van der Waals surface area contributed by atoms with Crippen LogP contribution < -0.4 is 0 Å². The molecule has 0 fully saturated rings. The highest BCUT2D eigenvalue weighted by Gasteiger charge is 2.20. The Hall–Kier alpha value is -2.04. The minimum atomic E-state index is -0.895. The van der Waals surface area contributed by atoms with Crippen molar-refractivity contribution in [3.8, 4) is 0 Å². The Labute approximate surface area is 99.0 Å². The van der Waals surface area contributed by atoms with Crippen LogP contribution in [0.2, 0.25) is 0 Å². The highest BCUT2D eigenvalue weighted by Crippen LogP contribution is 2.20. The van der Waals surface area contributed by atoms with Gasteiger partial charge in [-0.1, -0.05) is 17.3 Å². The molecule has 1 aromatic carbocycles. The lowest BCUT2D eigenvalue weighted by Crippen LogP contribution is -2.34. The average molecular weight is 234 g/mol. The number of carboxylic acid groups (broad SMARTS) is 1. The van der Waals surface area contributed by atoms with Gasteiger partial charge in [0.2, 0.25) is 0 Å². The zero-order valence-electron chi connectivity index (χ0n) is 9.55. The number of nitrogens with zero attached hydrogens (tertiary/aromatic N) is 2. The van der Waals surface area contributed by atoms with Gasteiger partial charge in [-0.25, -0.2) is 4.79 Å². The van der Waals surface area contributed by atoms with Crippen molar-refractivity contribution >= 4 is 11.8 Å². The van der Waals surface area contributed by atoms with Crippen molar-refractivity contribution in [3.05, 3.63) is 34.9 Å². The topological polar surface area (TPSA) is 73.1 Å². The summed E-state index contributed by atoms with van der Waals surface area (Å²) < 4.78 is 0. The van der Waals surface area contributed by atoms with Crippen LogP contribution in [0.4, 0.5) is 4.79 Å². The van der Waals surface area contributed by atoms with Crippen LogP contribution in [0.1, 0.15) is 23.6 Å². The van der Waals surface area contributed by atoms with Crippen molar-refractivity contribution in [2.45, 2.75) is 19.9 Å². The zero-order valence-corrected chi connectivity index (χ0v) is 9.55. The Kier molecular flexibility index (Phi) is 2.99. The molecule has 0 bridgehead atoms. The number of hydrogen-bond acceptors (Lipinski definition) is 3. The van der Waals surface area contributed by atoms with E-state index < -0.39 is 6.09 Å². The summed E-state index contributed by atoms with van der Waals surface area (Å²) in [4.78, 5) is 12.3. The van der Waals surface area contributed by atoms with Gasteiger partial charge in [-0.2, -0.15) is 0 Å². The molecule has 0 atom stereocenters. The lowest BCUT2D eigenvalue weighted by Gasteiger charge is -2.26. The van der Waals surface area contributed by atoms with Crippen LogP contribution in [0.15, 0.2) is 23.4 Å². The van der Waals surface area contributed by atoms with Crippen molar-refractivity contribution in [1.29, 1.82) is 0 Å². The smallest absolute Gasteiger partial charge is 0.407 e. The molecule has 1 aliphatic rings. The number of rotatable bonds is 1. The first kappa shape index (κ1) is 11.4. The zero-order chi connectivity index (χ0) is 12.4. The second-order valence-electron chi connectivity index (χ2n) is 4.12. The van der Waals surface area contributed by atoms with Crippen molar-refractivity contribution in [2.24, 2.45) is 5.16 Å². The van der Waals surface area contributed by atoms with Gasteiger partial charge in [0.05, 0.1) is 5.71 Å². The lowest BCUT2D eigenvalue weighted by molar-refractivity contribution is 0.140. The van der Waals surface area contributed by atoms with Crippen LogP contribution >= 0.6 is 0 Å². The number of fused-ring (bicyclic) bond motifs is 1. The summed E-state index contributed by atoms with van der Waals surface area (Å²) in [6.07, 6.45) is -0.161. The third-order valence-corrected chi connectivity index (χ3v) is 3.06. The molecule has 2 N–H and O–H groups in total. The molecule has 1 aromatic rings. The number of benzene rings is 1. The van der Waals surface area contributed by atoms with Gasteiger partial charge in [-0.05, 0) is 36.1 Å². The van der Waals surface area contributed by atoms with E-state index in [0.717, 1.165) is 23.1 Å². The molecule has 5 nitrogen and oxygen atoms in total. The predicted octanol–water partition coefficient (Wildman–Crippen LogP) is 1.92. The van der Waals surface area contributed by atoms with Crippen LogP contribution in [0.3, 0.4) is 0 Å². The second-order valence-corrected chi connectivity index (χ2v) is 4.12. The molecular weight excluding hydrogens is 220 g/mol. The van der Waals surface area contributed by atoms with Gasteiger partial charge in [0, 0.05) is 13.1 Å². The summed E-state index contributed by atoms with van der Waals surface area (Å²) in [7, 11) is 0. The minimum absolute atomic E-state index is 0.400. The van der Waals surface area contributed by atoms with E-state index >= 15 is 0 Å². The van der Waals surface area contributed by atoms with E-state index in [9.17, 15) is 4.79 Å². The van der Waals surface area contributed by atoms with Crippen LogP contribution in [0.25, 0.3) is 0 Å². The molecule has 0 saturated carbocycles. The van der Waals surface area contributed by atoms with Gasteiger partial charge < -0.3 is 15.2 Å². The van der Waals surface area contributed by atoms with Gasteiger partial charge in [0.25, 0.3) is 0 Å². The van der Waals surface area contributed by atoms with Gasteiger partial charge in [0.1, 0.15) is 0 Å². The van der Waals surface area contributed by atoms with E-state index in [1.165, 1.54) is 4.90 Å². The molecule has 0 aromatic heterocycles. The van der Waals surface area contributed by atoms with Gasteiger partial charge >= 0.3 is 6.09 Å². The van der Waals surface area contributed by atoms with Crippen molar-refractivity contribution < 1.29 is 15.1 Å². The Morgan fingerprint density at radius 2 is 2.18 bits per heavy atom. The van der Waals surface area contributed by atoms with Crippen molar-refractivity contribution in [3.63, 3.8) is 0 Å². The molecule has 5 heteroatoms. The summed E-state index contributed by atoms with van der Waals surface area (Å²) in [5.41, 5.74) is 3.50. The molecule has 0 unspecified atom stereocenters. The number of carbonyl (C=O) groups is 1. The molecular formula is C12H14N2O3.